The van der Waals surface area contributed by atoms with Crippen LogP contribution in [0.25, 0.3) is 0 Å². The minimum Gasteiger partial charge on any atom is -0.467 e. The second kappa shape index (κ2) is 6.61. The molecule has 18 heavy (non-hydrogen) atoms. The number of amides is 2. The molecule has 1 heterocycles. The van der Waals surface area contributed by atoms with E-state index < -0.39 is 6.04 Å². The van der Waals surface area contributed by atoms with Gasteiger partial charge in [0.1, 0.15) is 6.04 Å². The van der Waals surface area contributed by atoms with E-state index in [2.05, 4.69) is 5.32 Å². The van der Waals surface area contributed by atoms with Gasteiger partial charge in [-0.15, -0.1) is 0 Å². The fourth-order valence-electron chi connectivity index (χ4n) is 2.24. The molecule has 2 amide bonds. The zero-order valence-corrected chi connectivity index (χ0v) is 11.7. The molecule has 5 heteroatoms. The Hall–Kier alpha value is -1.26. The summed E-state index contributed by atoms with van der Waals surface area (Å²) in [6, 6.07) is -0.493. The maximum Gasteiger partial charge on any atom is 0.328 e. The molecule has 1 aliphatic rings. The average Bonchev–Trinajstić information content (AvgIpc) is 2.35. The third kappa shape index (κ3) is 3.62. The van der Waals surface area contributed by atoms with Crippen molar-refractivity contribution in [2.24, 2.45) is 5.92 Å². The highest BCUT2D eigenvalue weighted by molar-refractivity contribution is 5.83. The molecular weight excluding hydrogens is 232 g/mol. The first-order valence-electron chi connectivity index (χ1n) is 6.62. The van der Waals surface area contributed by atoms with E-state index in [1.165, 1.54) is 7.11 Å². The second-order valence-corrected chi connectivity index (χ2v) is 5.23. The van der Waals surface area contributed by atoms with E-state index in [0.717, 1.165) is 25.8 Å². The van der Waals surface area contributed by atoms with Crippen molar-refractivity contribution in [2.75, 3.05) is 13.7 Å². The Labute approximate surface area is 109 Å². The van der Waals surface area contributed by atoms with Crippen molar-refractivity contribution in [3.63, 3.8) is 0 Å². The molecule has 0 aromatic carbocycles. The maximum absolute atomic E-state index is 12.2. The Morgan fingerprint density at radius 3 is 2.50 bits per heavy atom. The third-order valence-electron chi connectivity index (χ3n) is 3.46. The van der Waals surface area contributed by atoms with Crippen LogP contribution in [0.4, 0.5) is 4.79 Å². The highest BCUT2D eigenvalue weighted by Gasteiger charge is 2.29. The van der Waals surface area contributed by atoms with E-state index in [0.29, 0.717) is 0 Å². The number of rotatable bonds is 3. The summed E-state index contributed by atoms with van der Waals surface area (Å²) in [5, 5.41) is 2.78. The summed E-state index contributed by atoms with van der Waals surface area (Å²) < 4.78 is 4.72. The van der Waals surface area contributed by atoms with Gasteiger partial charge in [0.25, 0.3) is 0 Å². The molecule has 0 saturated carbocycles. The number of ether oxygens (including phenoxy) is 1. The molecule has 2 atom stereocenters. The van der Waals surface area contributed by atoms with Gasteiger partial charge in [-0.05, 0) is 32.1 Å². The van der Waals surface area contributed by atoms with Crippen molar-refractivity contribution in [1.82, 2.24) is 10.2 Å². The van der Waals surface area contributed by atoms with Crippen LogP contribution in [-0.2, 0) is 9.53 Å². The summed E-state index contributed by atoms with van der Waals surface area (Å²) in [5.74, 6) is -0.371. The van der Waals surface area contributed by atoms with E-state index in [4.69, 9.17) is 4.74 Å². The summed E-state index contributed by atoms with van der Waals surface area (Å²) in [4.78, 5) is 25.6. The molecule has 0 aliphatic carbocycles. The van der Waals surface area contributed by atoms with Crippen LogP contribution in [0.3, 0.4) is 0 Å². The predicted molar refractivity (Wildman–Crippen MR) is 69.2 cm³/mol. The van der Waals surface area contributed by atoms with Crippen molar-refractivity contribution < 1.29 is 14.3 Å². The van der Waals surface area contributed by atoms with Crippen LogP contribution >= 0.6 is 0 Å². The molecule has 2 unspecified atom stereocenters. The van der Waals surface area contributed by atoms with Crippen LogP contribution in [0, 0.1) is 5.92 Å². The molecule has 1 rings (SSSR count). The summed E-state index contributed by atoms with van der Waals surface area (Å²) in [6.07, 6.45) is 3.22. The topological polar surface area (TPSA) is 58.6 Å². The standard InChI is InChI=1S/C13H24N2O3/c1-9(2)11(12(16)18-4)14-13(17)15-8-6-5-7-10(15)3/h9-11H,5-8H2,1-4H3,(H,14,17). The fraction of sp³-hybridized carbons (Fsp3) is 0.846. The van der Waals surface area contributed by atoms with Crippen LogP contribution in [0.1, 0.15) is 40.0 Å². The van der Waals surface area contributed by atoms with Gasteiger partial charge in [0.2, 0.25) is 0 Å². The van der Waals surface area contributed by atoms with Gasteiger partial charge in [-0.1, -0.05) is 13.8 Å². The van der Waals surface area contributed by atoms with E-state index in [1.807, 2.05) is 25.7 Å². The largest absolute Gasteiger partial charge is 0.467 e. The summed E-state index contributed by atoms with van der Waals surface area (Å²) in [5.41, 5.74) is 0. The number of nitrogens with zero attached hydrogens (tertiary/aromatic N) is 1. The number of hydrogen-bond donors (Lipinski definition) is 1. The van der Waals surface area contributed by atoms with E-state index in [9.17, 15) is 9.59 Å². The molecule has 0 aromatic heterocycles. The molecule has 1 fully saturated rings. The molecular formula is C13H24N2O3. The quantitative estimate of drug-likeness (QED) is 0.783. The van der Waals surface area contributed by atoms with Crippen molar-refractivity contribution in [3.8, 4) is 0 Å². The van der Waals surface area contributed by atoms with Gasteiger partial charge in [0.05, 0.1) is 7.11 Å². The van der Waals surface area contributed by atoms with Gasteiger partial charge in [0, 0.05) is 12.6 Å². The highest BCUT2D eigenvalue weighted by Crippen LogP contribution is 2.16. The number of nitrogens with one attached hydrogen (secondary N) is 1. The van der Waals surface area contributed by atoms with Gasteiger partial charge in [0.15, 0.2) is 0 Å². The van der Waals surface area contributed by atoms with Gasteiger partial charge >= 0.3 is 12.0 Å². The van der Waals surface area contributed by atoms with Crippen molar-refractivity contribution in [3.05, 3.63) is 0 Å². The van der Waals surface area contributed by atoms with Crippen LogP contribution in [0.5, 0.6) is 0 Å². The highest BCUT2D eigenvalue weighted by atomic mass is 16.5. The van der Waals surface area contributed by atoms with Gasteiger partial charge in [-0.25, -0.2) is 9.59 Å². The lowest BCUT2D eigenvalue weighted by atomic mass is 10.0. The normalized spacial score (nSPS) is 21.6. The molecule has 0 spiro atoms. The Balaban J connectivity index is 2.63. The van der Waals surface area contributed by atoms with Crippen LogP contribution in [0.2, 0.25) is 0 Å². The monoisotopic (exact) mass is 256 g/mol. The van der Waals surface area contributed by atoms with Gasteiger partial charge in [-0.2, -0.15) is 0 Å². The predicted octanol–water partition coefficient (Wildman–Crippen LogP) is 1.77. The molecule has 104 valence electrons. The Morgan fingerprint density at radius 2 is 2.00 bits per heavy atom. The number of methoxy groups -OCH3 is 1. The number of carbonyl (C=O) groups excluding carboxylic acids is 2. The summed E-state index contributed by atoms with van der Waals surface area (Å²) in [7, 11) is 1.34. The smallest absolute Gasteiger partial charge is 0.328 e. The Bertz CT molecular complexity index is 305. The number of urea groups is 1. The second-order valence-electron chi connectivity index (χ2n) is 5.23. The van der Waals surface area contributed by atoms with Gasteiger partial charge < -0.3 is 15.0 Å². The minimum absolute atomic E-state index is 0.0153. The SMILES string of the molecule is COC(=O)C(NC(=O)N1CCCCC1C)C(C)C. The number of hydrogen-bond acceptors (Lipinski definition) is 3. The number of esters is 1. The van der Waals surface area contributed by atoms with E-state index in [1.54, 1.807) is 0 Å². The molecule has 0 radical (unpaired) electrons. The van der Waals surface area contributed by atoms with E-state index in [-0.39, 0.29) is 24.0 Å². The molecule has 1 saturated heterocycles. The maximum atomic E-state index is 12.2. The lowest BCUT2D eigenvalue weighted by Gasteiger charge is -2.34. The Kier molecular flexibility index (Phi) is 5.44. The van der Waals surface area contributed by atoms with Crippen molar-refractivity contribution in [2.45, 2.75) is 52.1 Å². The third-order valence-corrected chi connectivity index (χ3v) is 3.46. The lowest BCUT2D eigenvalue weighted by molar-refractivity contribution is -0.144. The zero-order chi connectivity index (χ0) is 13.7. The van der Waals surface area contributed by atoms with Crippen LogP contribution in [0.15, 0.2) is 0 Å². The molecule has 1 N–H and O–H groups in total. The van der Waals surface area contributed by atoms with Gasteiger partial charge in [-0.3, -0.25) is 0 Å². The van der Waals surface area contributed by atoms with E-state index >= 15 is 0 Å². The minimum atomic E-state index is -0.573. The Morgan fingerprint density at radius 1 is 1.33 bits per heavy atom. The molecule has 0 aromatic rings. The number of piperidine rings is 1. The average molecular weight is 256 g/mol. The van der Waals surface area contributed by atoms with Crippen LogP contribution < -0.4 is 5.32 Å². The first-order chi connectivity index (χ1) is 8.47. The summed E-state index contributed by atoms with van der Waals surface area (Å²) >= 11 is 0. The first kappa shape index (κ1) is 14.8. The number of likely N-dealkylation sites (tertiary alicyclic amines) is 1. The van der Waals surface area contributed by atoms with Crippen molar-refractivity contribution >= 4 is 12.0 Å². The number of carbonyl (C=O) groups is 2. The van der Waals surface area contributed by atoms with Crippen LogP contribution in [-0.4, -0.2) is 42.6 Å². The molecule has 1 aliphatic heterocycles. The molecule has 5 nitrogen and oxygen atoms in total. The zero-order valence-electron chi connectivity index (χ0n) is 11.7. The lowest BCUT2D eigenvalue weighted by Crippen LogP contribution is -2.53. The molecule has 0 bridgehead atoms. The summed E-state index contributed by atoms with van der Waals surface area (Å²) in [6.45, 7) is 6.59. The first-order valence-corrected chi connectivity index (χ1v) is 6.62. The van der Waals surface area contributed by atoms with Crippen molar-refractivity contribution in [1.29, 1.82) is 0 Å². The fourth-order valence-corrected chi connectivity index (χ4v) is 2.24.